The second-order valence-corrected chi connectivity index (χ2v) is 2.43. The molecule has 0 aliphatic carbocycles. The SMILES string of the molecule is NNC(=O)CNc1cccc(F)c1. The Hall–Kier alpha value is -1.62. The molecule has 0 aliphatic heterocycles. The third-order valence-corrected chi connectivity index (χ3v) is 1.44. The molecule has 0 radical (unpaired) electrons. The van der Waals surface area contributed by atoms with E-state index in [9.17, 15) is 9.18 Å². The molecule has 0 heterocycles. The van der Waals surface area contributed by atoms with Crippen LogP contribution in [0.2, 0.25) is 0 Å². The molecule has 0 fully saturated rings. The summed E-state index contributed by atoms with van der Waals surface area (Å²) in [7, 11) is 0. The number of amides is 1. The Morgan fingerprint density at radius 2 is 2.31 bits per heavy atom. The number of carbonyl (C=O) groups is 1. The van der Waals surface area contributed by atoms with Gasteiger partial charge in [-0.05, 0) is 18.2 Å². The van der Waals surface area contributed by atoms with E-state index < -0.39 is 0 Å². The van der Waals surface area contributed by atoms with E-state index >= 15 is 0 Å². The van der Waals surface area contributed by atoms with Gasteiger partial charge >= 0.3 is 0 Å². The minimum atomic E-state index is -0.357. The first-order valence-electron chi connectivity index (χ1n) is 3.71. The second kappa shape index (κ2) is 4.42. The van der Waals surface area contributed by atoms with Crippen LogP contribution in [-0.2, 0) is 4.79 Å². The largest absolute Gasteiger partial charge is 0.376 e. The van der Waals surface area contributed by atoms with Crippen LogP contribution in [0.15, 0.2) is 24.3 Å². The summed E-state index contributed by atoms with van der Waals surface area (Å²) >= 11 is 0. The highest BCUT2D eigenvalue weighted by Crippen LogP contribution is 2.07. The van der Waals surface area contributed by atoms with Crippen molar-refractivity contribution in [3.05, 3.63) is 30.1 Å². The molecule has 0 aromatic heterocycles. The van der Waals surface area contributed by atoms with Gasteiger partial charge in [-0.3, -0.25) is 10.2 Å². The first-order chi connectivity index (χ1) is 6.22. The van der Waals surface area contributed by atoms with Crippen molar-refractivity contribution in [2.75, 3.05) is 11.9 Å². The van der Waals surface area contributed by atoms with Gasteiger partial charge < -0.3 is 5.32 Å². The molecule has 0 atom stereocenters. The zero-order valence-electron chi connectivity index (χ0n) is 6.88. The number of halogens is 1. The van der Waals surface area contributed by atoms with Crippen LogP contribution in [0.1, 0.15) is 0 Å². The molecule has 0 unspecified atom stereocenters. The summed E-state index contributed by atoms with van der Waals surface area (Å²) in [5.74, 6) is 4.15. The predicted molar refractivity (Wildman–Crippen MR) is 47.2 cm³/mol. The maximum absolute atomic E-state index is 12.6. The van der Waals surface area contributed by atoms with Crippen LogP contribution in [0.5, 0.6) is 0 Å². The van der Waals surface area contributed by atoms with Crippen molar-refractivity contribution in [2.24, 2.45) is 5.84 Å². The zero-order chi connectivity index (χ0) is 9.68. The maximum atomic E-state index is 12.6. The van der Waals surface area contributed by atoms with Crippen molar-refractivity contribution in [1.82, 2.24) is 5.43 Å². The normalized spacial score (nSPS) is 9.38. The number of hydrogen-bond donors (Lipinski definition) is 3. The van der Waals surface area contributed by atoms with Crippen molar-refractivity contribution in [3.63, 3.8) is 0 Å². The van der Waals surface area contributed by atoms with Gasteiger partial charge in [0.05, 0.1) is 6.54 Å². The van der Waals surface area contributed by atoms with Crippen LogP contribution < -0.4 is 16.6 Å². The van der Waals surface area contributed by atoms with Gasteiger partial charge in [0.15, 0.2) is 0 Å². The Labute approximate surface area is 74.9 Å². The van der Waals surface area contributed by atoms with Gasteiger partial charge in [0.2, 0.25) is 0 Å². The Morgan fingerprint density at radius 1 is 1.54 bits per heavy atom. The third-order valence-electron chi connectivity index (χ3n) is 1.44. The first-order valence-corrected chi connectivity index (χ1v) is 3.71. The second-order valence-electron chi connectivity index (χ2n) is 2.43. The molecule has 13 heavy (non-hydrogen) atoms. The van der Waals surface area contributed by atoms with E-state index in [2.05, 4.69) is 5.32 Å². The Balaban J connectivity index is 2.50. The topological polar surface area (TPSA) is 67.1 Å². The molecule has 1 aromatic rings. The van der Waals surface area contributed by atoms with Crippen molar-refractivity contribution >= 4 is 11.6 Å². The van der Waals surface area contributed by atoms with Crippen LogP contribution in [0.4, 0.5) is 10.1 Å². The number of hydrazine groups is 1. The number of nitrogens with one attached hydrogen (secondary N) is 2. The van der Waals surface area contributed by atoms with Crippen LogP contribution in [0.3, 0.4) is 0 Å². The van der Waals surface area contributed by atoms with Gasteiger partial charge in [-0.2, -0.15) is 0 Å². The van der Waals surface area contributed by atoms with Gasteiger partial charge in [-0.15, -0.1) is 0 Å². The maximum Gasteiger partial charge on any atom is 0.253 e. The molecular weight excluding hydrogens is 173 g/mol. The summed E-state index contributed by atoms with van der Waals surface area (Å²) in [6.07, 6.45) is 0. The Morgan fingerprint density at radius 3 is 2.92 bits per heavy atom. The molecule has 0 saturated carbocycles. The van der Waals surface area contributed by atoms with Gasteiger partial charge in [0, 0.05) is 5.69 Å². The minimum Gasteiger partial charge on any atom is -0.376 e. The lowest BCUT2D eigenvalue weighted by molar-refractivity contribution is -0.119. The lowest BCUT2D eigenvalue weighted by atomic mass is 10.3. The molecule has 1 amide bonds. The van der Waals surface area contributed by atoms with E-state index in [0.717, 1.165) is 0 Å². The average molecular weight is 183 g/mol. The van der Waals surface area contributed by atoms with Crippen LogP contribution in [-0.4, -0.2) is 12.5 Å². The monoisotopic (exact) mass is 183 g/mol. The number of anilines is 1. The highest BCUT2D eigenvalue weighted by Gasteiger charge is 1.98. The summed E-state index contributed by atoms with van der Waals surface area (Å²) in [5, 5.41) is 2.70. The molecule has 0 aliphatic rings. The molecule has 70 valence electrons. The quantitative estimate of drug-likeness (QED) is 0.357. The molecule has 4 N–H and O–H groups in total. The molecular formula is C8H10FN3O. The van der Waals surface area contributed by atoms with Gasteiger partial charge in [-0.25, -0.2) is 10.2 Å². The van der Waals surface area contributed by atoms with E-state index in [1.807, 2.05) is 5.43 Å². The van der Waals surface area contributed by atoms with Crippen molar-refractivity contribution in [2.45, 2.75) is 0 Å². The summed E-state index contributed by atoms with van der Waals surface area (Å²) in [6, 6.07) is 5.84. The molecule has 5 heteroatoms. The zero-order valence-corrected chi connectivity index (χ0v) is 6.88. The standard InChI is InChI=1S/C8H10FN3O/c9-6-2-1-3-7(4-6)11-5-8(13)12-10/h1-4,11H,5,10H2,(H,12,13). The predicted octanol–water partition coefficient (Wildman–Crippen LogP) is 0.227. The number of nitrogens with two attached hydrogens (primary N) is 1. The fourth-order valence-corrected chi connectivity index (χ4v) is 0.832. The highest BCUT2D eigenvalue weighted by molar-refractivity contribution is 5.79. The van der Waals surface area contributed by atoms with Crippen molar-refractivity contribution in [3.8, 4) is 0 Å². The summed E-state index contributed by atoms with van der Waals surface area (Å²) < 4.78 is 12.6. The smallest absolute Gasteiger partial charge is 0.253 e. The fourth-order valence-electron chi connectivity index (χ4n) is 0.832. The summed E-state index contributed by atoms with van der Waals surface area (Å²) in [5.41, 5.74) is 2.50. The highest BCUT2D eigenvalue weighted by atomic mass is 19.1. The van der Waals surface area contributed by atoms with Crippen molar-refractivity contribution < 1.29 is 9.18 Å². The Kier molecular flexibility index (Phi) is 3.22. The first kappa shape index (κ1) is 9.47. The summed E-state index contributed by atoms with van der Waals surface area (Å²) in [4.78, 5) is 10.7. The number of carbonyl (C=O) groups excluding carboxylic acids is 1. The third kappa shape index (κ3) is 3.08. The van der Waals surface area contributed by atoms with E-state index in [4.69, 9.17) is 5.84 Å². The van der Waals surface area contributed by atoms with E-state index in [1.165, 1.54) is 12.1 Å². The minimum absolute atomic E-state index is 0.0277. The fraction of sp³-hybridized carbons (Fsp3) is 0.125. The number of hydrogen-bond acceptors (Lipinski definition) is 3. The Bertz CT molecular complexity index is 303. The van der Waals surface area contributed by atoms with Crippen LogP contribution in [0, 0.1) is 5.82 Å². The lowest BCUT2D eigenvalue weighted by Crippen LogP contribution is -2.35. The number of rotatable bonds is 3. The molecule has 1 aromatic carbocycles. The van der Waals surface area contributed by atoms with E-state index in [-0.39, 0.29) is 18.3 Å². The lowest BCUT2D eigenvalue weighted by Gasteiger charge is -2.04. The van der Waals surface area contributed by atoms with Gasteiger partial charge in [0.25, 0.3) is 5.91 Å². The van der Waals surface area contributed by atoms with E-state index in [1.54, 1.807) is 12.1 Å². The molecule has 1 rings (SSSR count). The molecule has 4 nitrogen and oxygen atoms in total. The van der Waals surface area contributed by atoms with Crippen LogP contribution in [0.25, 0.3) is 0 Å². The van der Waals surface area contributed by atoms with E-state index in [0.29, 0.717) is 5.69 Å². The number of benzene rings is 1. The molecule has 0 bridgehead atoms. The molecule has 0 saturated heterocycles. The summed E-state index contributed by atoms with van der Waals surface area (Å²) in [6.45, 7) is 0.0277. The van der Waals surface area contributed by atoms with Crippen molar-refractivity contribution in [1.29, 1.82) is 0 Å². The van der Waals surface area contributed by atoms with Gasteiger partial charge in [0.1, 0.15) is 5.82 Å². The van der Waals surface area contributed by atoms with Gasteiger partial charge in [-0.1, -0.05) is 6.07 Å². The van der Waals surface area contributed by atoms with Crippen LogP contribution >= 0.6 is 0 Å². The molecule has 0 spiro atoms. The average Bonchev–Trinajstić information content (AvgIpc) is 2.14.